The van der Waals surface area contributed by atoms with Gasteiger partial charge < -0.3 is 10.2 Å². The number of benzene rings is 2. The molecule has 0 spiro atoms. The smallest absolute Gasteiger partial charge is 0.325 e. The lowest BCUT2D eigenvalue weighted by molar-refractivity contribution is -0.140. The minimum absolute atomic E-state index is 0.0431. The first-order valence-corrected chi connectivity index (χ1v) is 11.1. The number of imide groups is 1. The number of amides is 4. The van der Waals surface area contributed by atoms with Crippen LogP contribution in [0.3, 0.4) is 0 Å². The second-order valence-electron chi connectivity index (χ2n) is 8.71. The average Bonchev–Trinajstić information content (AvgIpc) is 3.01. The number of nitrogens with zero attached hydrogens (tertiary/aromatic N) is 2. The van der Waals surface area contributed by atoms with Crippen LogP contribution < -0.4 is 5.32 Å². The molecule has 32 heavy (non-hydrogen) atoms. The van der Waals surface area contributed by atoms with Crippen molar-refractivity contribution in [2.75, 3.05) is 13.1 Å². The minimum Gasteiger partial charge on any atom is -0.338 e. The molecule has 2 aromatic carbocycles. The summed E-state index contributed by atoms with van der Waals surface area (Å²) in [6.45, 7) is 3.85. The third-order valence-electron chi connectivity index (χ3n) is 6.54. The largest absolute Gasteiger partial charge is 0.338 e. The fourth-order valence-electron chi connectivity index (χ4n) is 4.74. The Morgan fingerprint density at radius 1 is 1.16 bits per heavy atom. The van der Waals surface area contributed by atoms with Gasteiger partial charge in [0.2, 0.25) is 5.91 Å². The van der Waals surface area contributed by atoms with E-state index >= 15 is 0 Å². The standard InChI is InChI=1S/C25H28FN3O3/c1-3-14-28(21-13-8-17-6-4-5-7-18(17)15-21)22(30)16-29-23(31)25(2,27-24(29)32)19-9-11-20(26)12-10-19/h4-7,9-12,21H,3,8,13-16H2,1-2H3,(H,27,32). The summed E-state index contributed by atoms with van der Waals surface area (Å²) < 4.78 is 13.3. The van der Waals surface area contributed by atoms with Crippen LogP contribution in [0.25, 0.3) is 0 Å². The molecular weight excluding hydrogens is 409 g/mol. The molecule has 1 aliphatic heterocycles. The Labute approximate surface area is 187 Å². The van der Waals surface area contributed by atoms with E-state index in [0.29, 0.717) is 12.1 Å². The number of hydrogen-bond acceptors (Lipinski definition) is 3. The SMILES string of the molecule is CCCN(C(=O)CN1C(=O)NC(C)(c2ccc(F)cc2)C1=O)C1CCc2ccccc2C1. The highest BCUT2D eigenvalue weighted by molar-refractivity contribution is 6.09. The van der Waals surface area contributed by atoms with Gasteiger partial charge in [0, 0.05) is 12.6 Å². The van der Waals surface area contributed by atoms with Gasteiger partial charge in [0.15, 0.2) is 0 Å². The summed E-state index contributed by atoms with van der Waals surface area (Å²) >= 11 is 0. The number of fused-ring (bicyclic) bond motifs is 1. The summed E-state index contributed by atoms with van der Waals surface area (Å²) in [5.74, 6) is -1.17. The van der Waals surface area contributed by atoms with Crippen LogP contribution in [-0.2, 0) is 28.0 Å². The van der Waals surface area contributed by atoms with Crippen molar-refractivity contribution in [3.63, 3.8) is 0 Å². The van der Waals surface area contributed by atoms with E-state index in [0.717, 1.165) is 30.6 Å². The second kappa shape index (κ2) is 8.73. The van der Waals surface area contributed by atoms with Crippen LogP contribution >= 0.6 is 0 Å². The highest BCUT2D eigenvalue weighted by Gasteiger charge is 2.50. The average molecular weight is 438 g/mol. The van der Waals surface area contributed by atoms with Gasteiger partial charge in [-0.15, -0.1) is 0 Å². The zero-order valence-corrected chi connectivity index (χ0v) is 18.4. The molecule has 168 valence electrons. The van der Waals surface area contributed by atoms with Gasteiger partial charge in [-0.05, 0) is 61.4 Å². The Hall–Kier alpha value is -3.22. The molecule has 2 aromatic rings. The zero-order chi connectivity index (χ0) is 22.9. The molecule has 1 fully saturated rings. The van der Waals surface area contributed by atoms with E-state index in [9.17, 15) is 18.8 Å². The molecule has 1 N–H and O–H groups in total. The Morgan fingerprint density at radius 3 is 2.53 bits per heavy atom. The van der Waals surface area contributed by atoms with Crippen molar-refractivity contribution in [1.82, 2.24) is 15.1 Å². The van der Waals surface area contributed by atoms with E-state index in [-0.39, 0.29) is 18.5 Å². The molecule has 4 amide bonds. The van der Waals surface area contributed by atoms with Gasteiger partial charge in [-0.2, -0.15) is 0 Å². The monoisotopic (exact) mass is 437 g/mol. The Kier molecular flexibility index (Phi) is 6.00. The molecule has 0 bridgehead atoms. The number of aryl methyl sites for hydroxylation is 1. The zero-order valence-electron chi connectivity index (χ0n) is 18.4. The number of rotatable bonds is 6. The summed E-state index contributed by atoms with van der Waals surface area (Å²) in [4.78, 5) is 41.9. The topological polar surface area (TPSA) is 69.7 Å². The van der Waals surface area contributed by atoms with Gasteiger partial charge in [0.25, 0.3) is 5.91 Å². The Balaban J connectivity index is 1.50. The molecule has 0 aromatic heterocycles. The summed E-state index contributed by atoms with van der Waals surface area (Å²) in [5.41, 5.74) is 1.71. The van der Waals surface area contributed by atoms with Gasteiger partial charge in [0.1, 0.15) is 17.9 Å². The van der Waals surface area contributed by atoms with Gasteiger partial charge in [-0.1, -0.05) is 43.3 Å². The normalized spacial score (nSPS) is 22.5. The minimum atomic E-state index is -1.33. The maximum Gasteiger partial charge on any atom is 0.325 e. The van der Waals surface area contributed by atoms with Gasteiger partial charge in [-0.25, -0.2) is 9.18 Å². The fourth-order valence-corrected chi connectivity index (χ4v) is 4.74. The molecule has 2 aliphatic rings. The molecule has 6 nitrogen and oxygen atoms in total. The molecule has 2 atom stereocenters. The van der Waals surface area contributed by atoms with Crippen molar-refractivity contribution in [1.29, 1.82) is 0 Å². The van der Waals surface area contributed by atoms with Crippen LogP contribution in [0.1, 0.15) is 43.4 Å². The molecule has 0 radical (unpaired) electrons. The number of halogens is 1. The van der Waals surface area contributed by atoms with Crippen LogP contribution in [0.5, 0.6) is 0 Å². The highest BCUT2D eigenvalue weighted by Crippen LogP contribution is 2.30. The van der Waals surface area contributed by atoms with Crippen molar-refractivity contribution >= 4 is 17.8 Å². The number of carbonyl (C=O) groups excluding carboxylic acids is 3. The van der Waals surface area contributed by atoms with Gasteiger partial charge in [-0.3, -0.25) is 14.5 Å². The predicted octanol–water partition coefficient (Wildman–Crippen LogP) is 3.39. The lowest BCUT2D eigenvalue weighted by Crippen LogP contribution is -2.49. The van der Waals surface area contributed by atoms with Crippen LogP contribution in [0, 0.1) is 5.82 Å². The molecule has 1 aliphatic carbocycles. The molecular formula is C25H28FN3O3. The summed E-state index contributed by atoms with van der Waals surface area (Å²) in [6.07, 6.45) is 3.32. The van der Waals surface area contributed by atoms with Crippen LogP contribution in [0.4, 0.5) is 9.18 Å². The Morgan fingerprint density at radius 2 is 1.84 bits per heavy atom. The van der Waals surface area contributed by atoms with Crippen molar-refractivity contribution in [2.24, 2.45) is 0 Å². The maximum atomic E-state index is 13.3. The summed E-state index contributed by atoms with van der Waals surface area (Å²) in [7, 11) is 0. The van der Waals surface area contributed by atoms with Crippen molar-refractivity contribution in [3.8, 4) is 0 Å². The van der Waals surface area contributed by atoms with Crippen LogP contribution in [0.15, 0.2) is 48.5 Å². The van der Waals surface area contributed by atoms with Crippen molar-refractivity contribution < 1.29 is 18.8 Å². The summed E-state index contributed by atoms with van der Waals surface area (Å²) in [6, 6.07) is 13.1. The fraction of sp³-hybridized carbons (Fsp3) is 0.400. The molecule has 4 rings (SSSR count). The van der Waals surface area contributed by atoms with E-state index in [1.807, 2.05) is 24.0 Å². The van der Waals surface area contributed by atoms with E-state index in [2.05, 4.69) is 17.4 Å². The number of carbonyl (C=O) groups is 3. The molecule has 2 unspecified atom stereocenters. The van der Waals surface area contributed by atoms with Crippen molar-refractivity contribution in [2.45, 2.75) is 51.1 Å². The number of hydrogen-bond donors (Lipinski definition) is 1. The highest BCUT2D eigenvalue weighted by atomic mass is 19.1. The lowest BCUT2D eigenvalue weighted by atomic mass is 9.87. The summed E-state index contributed by atoms with van der Waals surface area (Å²) in [5, 5.41) is 2.68. The van der Waals surface area contributed by atoms with E-state index < -0.39 is 23.3 Å². The molecule has 0 saturated carbocycles. The quantitative estimate of drug-likeness (QED) is 0.705. The molecule has 1 heterocycles. The third kappa shape index (κ3) is 3.99. The van der Waals surface area contributed by atoms with E-state index in [1.54, 1.807) is 6.92 Å². The number of urea groups is 1. The first-order valence-electron chi connectivity index (χ1n) is 11.1. The first-order chi connectivity index (χ1) is 15.3. The second-order valence-corrected chi connectivity index (χ2v) is 8.71. The van der Waals surface area contributed by atoms with E-state index in [1.165, 1.54) is 35.4 Å². The molecule has 1 saturated heterocycles. The maximum absolute atomic E-state index is 13.3. The Bertz CT molecular complexity index is 1040. The van der Waals surface area contributed by atoms with Gasteiger partial charge >= 0.3 is 6.03 Å². The first kappa shape index (κ1) is 22.0. The van der Waals surface area contributed by atoms with Gasteiger partial charge in [0.05, 0.1) is 0 Å². The lowest BCUT2D eigenvalue weighted by Gasteiger charge is -2.36. The number of nitrogens with one attached hydrogen (secondary N) is 1. The van der Waals surface area contributed by atoms with Crippen LogP contribution in [0.2, 0.25) is 0 Å². The third-order valence-corrected chi connectivity index (χ3v) is 6.54. The van der Waals surface area contributed by atoms with E-state index in [4.69, 9.17) is 0 Å². The molecule has 7 heteroatoms. The van der Waals surface area contributed by atoms with Crippen LogP contribution in [-0.4, -0.2) is 46.8 Å². The predicted molar refractivity (Wildman–Crippen MR) is 118 cm³/mol. The van der Waals surface area contributed by atoms with Crippen molar-refractivity contribution in [3.05, 3.63) is 71.0 Å².